The van der Waals surface area contributed by atoms with Gasteiger partial charge in [-0.1, -0.05) is 54.6 Å². The Morgan fingerprint density at radius 3 is 2.63 bits per heavy atom. The van der Waals surface area contributed by atoms with Crippen LogP contribution in [0.4, 0.5) is 0 Å². The molecule has 1 amide bonds. The van der Waals surface area contributed by atoms with Gasteiger partial charge in [-0.25, -0.2) is 4.98 Å². The molecule has 0 aliphatic rings. The zero-order valence-corrected chi connectivity index (χ0v) is 15.4. The lowest BCUT2D eigenvalue weighted by Gasteiger charge is -2.09. The van der Waals surface area contributed by atoms with Crippen LogP contribution in [0, 0.1) is 0 Å². The molecule has 0 saturated carbocycles. The van der Waals surface area contributed by atoms with Gasteiger partial charge in [0.1, 0.15) is 6.26 Å². The summed E-state index contributed by atoms with van der Waals surface area (Å²) in [6, 6.07) is 21.7. The zero-order chi connectivity index (χ0) is 18.5. The van der Waals surface area contributed by atoms with Gasteiger partial charge in [0, 0.05) is 5.56 Å². The molecule has 0 spiro atoms. The quantitative estimate of drug-likeness (QED) is 0.521. The number of carbonyl (C=O) groups is 1. The molecule has 0 aliphatic carbocycles. The van der Waals surface area contributed by atoms with E-state index in [9.17, 15) is 4.79 Å². The second-order valence-electron chi connectivity index (χ2n) is 6.12. The van der Waals surface area contributed by atoms with E-state index in [1.54, 1.807) is 17.6 Å². The largest absolute Gasteiger partial charge is 0.443 e. The molecule has 4 nitrogen and oxygen atoms in total. The van der Waals surface area contributed by atoms with Crippen molar-refractivity contribution in [3.8, 4) is 10.8 Å². The Labute approximate surface area is 161 Å². The van der Waals surface area contributed by atoms with Gasteiger partial charge in [0.2, 0.25) is 5.89 Å². The number of nitrogens with zero attached hydrogens (tertiary/aromatic N) is 1. The predicted molar refractivity (Wildman–Crippen MR) is 107 cm³/mol. The van der Waals surface area contributed by atoms with Crippen molar-refractivity contribution < 1.29 is 9.21 Å². The van der Waals surface area contributed by atoms with Gasteiger partial charge in [-0.15, -0.1) is 11.3 Å². The summed E-state index contributed by atoms with van der Waals surface area (Å²) in [5, 5.41) is 4.92. The monoisotopic (exact) mass is 374 g/mol. The maximum absolute atomic E-state index is 12.7. The van der Waals surface area contributed by atoms with E-state index in [0.717, 1.165) is 16.9 Å². The second kappa shape index (κ2) is 8.01. The fourth-order valence-electron chi connectivity index (χ4n) is 2.88. The Morgan fingerprint density at radius 1 is 1.00 bits per heavy atom. The molecule has 0 unspecified atom stereocenters. The van der Waals surface area contributed by atoms with Gasteiger partial charge in [-0.05, 0) is 35.1 Å². The van der Waals surface area contributed by atoms with Crippen molar-refractivity contribution in [3.05, 3.63) is 101 Å². The molecule has 1 N–H and O–H groups in total. The first-order chi connectivity index (χ1) is 13.3. The Bertz CT molecular complexity index is 1020. The van der Waals surface area contributed by atoms with Gasteiger partial charge in [0.25, 0.3) is 5.91 Å². The van der Waals surface area contributed by atoms with Crippen molar-refractivity contribution in [2.24, 2.45) is 0 Å². The molecule has 2 heterocycles. The molecule has 0 atom stereocenters. The Balaban J connectivity index is 1.44. The maximum Gasteiger partial charge on any atom is 0.251 e. The van der Waals surface area contributed by atoms with Crippen molar-refractivity contribution in [2.75, 3.05) is 0 Å². The van der Waals surface area contributed by atoms with Crippen LogP contribution in [0.25, 0.3) is 10.8 Å². The van der Waals surface area contributed by atoms with Crippen molar-refractivity contribution in [2.45, 2.75) is 13.0 Å². The number of nitrogens with one attached hydrogen (secondary N) is 1. The summed E-state index contributed by atoms with van der Waals surface area (Å²) in [5.74, 6) is 0.473. The van der Waals surface area contributed by atoms with Crippen LogP contribution in [0.2, 0.25) is 0 Å². The van der Waals surface area contributed by atoms with E-state index in [1.165, 1.54) is 5.56 Å². The highest BCUT2D eigenvalue weighted by atomic mass is 32.1. The standard InChI is InChI=1S/C22H18N2O2S/c25-21(23-14-18-15-26-22(24-18)20-11-6-12-27-20)19-10-5-4-9-17(19)13-16-7-2-1-3-8-16/h1-12,15H,13-14H2,(H,23,25). The van der Waals surface area contributed by atoms with E-state index in [1.807, 2.05) is 60.0 Å². The smallest absolute Gasteiger partial charge is 0.251 e. The third-order valence-corrected chi connectivity index (χ3v) is 5.07. The molecule has 0 radical (unpaired) electrons. The lowest BCUT2D eigenvalue weighted by Crippen LogP contribution is -2.24. The second-order valence-corrected chi connectivity index (χ2v) is 7.07. The minimum Gasteiger partial charge on any atom is -0.443 e. The normalized spacial score (nSPS) is 10.7. The average Bonchev–Trinajstić information content (AvgIpc) is 3.39. The molecule has 0 bridgehead atoms. The van der Waals surface area contributed by atoms with Crippen molar-refractivity contribution in [1.29, 1.82) is 0 Å². The van der Waals surface area contributed by atoms with Gasteiger partial charge in [-0.3, -0.25) is 4.79 Å². The molecular formula is C22H18N2O2S. The highest BCUT2D eigenvalue weighted by molar-refractivity contribution is 7.13. The van der Waals surface area contributed by atoms with Gasteiger partial charge >= 0.3 is 0 Å². The molecule has 2 aromatic carbocycles. The van der Waals surface area contributed by atoms with Crippen molar-refractivity contribution in [1.82, 2.24) is 10.3 Å². The molecular weight excluding hydrogens is 356 g/mol. The van der Waals surface area contributed by atoms with Crippen LogP contribution in [-0.4, -0.2) is 10.9 Å². The molecule has 27 heavy (non-hydrogen) atoms. The molecule has 4 rings (SSSR count). The number of oxazole rings is 1. The van der Waals surface area contributed by atoms with E-state index in [0.29, 0.717) is 23.7 Å². The van der Waals surface area contributed by atoms with E-state index in [2.05, 4.69) is 22.4 Å². The molecule has 0 aliphatic heterocycles. The highest BCUT2D eigenvalue weighted by Crippen LogP contribution is 2.23. The van der Waals surface area contributed by atoms with Gasteiger partial charge in [-0.2, -0.15) is 0 Å². The number of amides is 1. The fraction of sp³-hybridized carbons (Fsp3) is 0.0909. The average molecular weight is 374 g/mol. The number of aromatic nitrogens is 1. The van der Waals surface area contributed by atoms with E-state index in [4.69, 9.17) is 4.42 Å². The number of hydrogen-bond donors (Lipinski definition) is 1. The number of rotatable bonds is 6. The first-order valence-electron chi connectivity index (χ1n) is 8.68. The molecule has 0 saturated heterocycles. The number of carbonyl (C=O) groups excluding carboxylic acids is 1. The van der Waals surface area contributed by atoms with Crippen LogP contribution in [0.3, 0.4) is 0 Å². The lowest BCUT2D eigenvalue weighted by atomic mass is 9.99. The molecule has 4 aromatic rings. The Hall–Kier alpha value is -3.18. The van der Waals surface area contributed by atoms with Crippen LogP contribution in [0.1, 0.15) is 27.2 Å². The van der Waals surface area contributed by atoms with E-state index in [-0.39, 0.29) is 5.91 Å². The maximum atomic E-state index is 12.7. The first kappa shape index (κ1) is 17.2. The third-order valence-electron chi connectivity index (χ3n) is 4.21. The van der Waals surface area contributed by atoms with Gasteiger partial charge in [0.15, 0.2) is 0 Å². The first-order valence-corrected chi connectivity index (χ1v) is 9.56. The SMILES string of the molecule is O=C(NCc1coc(-c2cccs2)n1)c1ccccc1Cc1ccccc1. The molecule has 134 valence electrons. The summed E-state index contributed by atoms with van der Waals surface area (Å²) in [6.07, 6.45) is 2.31. The summed E-state index contributed by atoms with van der Waals surface area (Å²) in [6.45, 7) is 0.327. The van der Waals surface area contributed by atoms with Gasteiger partial charge < -0.3 is 9.73 Å². The lowest BCUT2D eigenvalue weighted by molar-refractivity contribution is 0.0949. The van der Waals surface area contributed by atoms with Crippen LogP contribution < -0.4 is 5.32 Å². The summed E-state index contributed by atoms with van der Waals surface area (Å²) >= 11 is 1.57. The van der Waals surface area contributed by atoms with Crippen LogP contribution in [-0.2, 0) is 13.0 Å². The van der Waals surface area contributed by atoms with Crippen LogP contribution in [0.15, 0.2) is 82.8 Å². The molecule has 2 aromatic heterocycles. The minimum absolute atomic E-state index is 0.109. The van der Waals surface area contributed by atoms with Crippen molar-refractivity contribution in [3.63, 3.8) is 0 Å². The van der Waals surface area contributed by atoms with Gasteiger partial charge in [0.05, 0.1) is 17.1 Å². The van der Waals surface area contributed by atoms with Crippen LogP contribution >= 0.6 is 11.3 Å². The van der Waals surface area contributed by atoms with E-state index >= 15 is 0 Å². The highest BCUT2D eigenvalue weighted by Gasteiger charge is 2.13. The van der Waals surface area contributed by atoms with E-state index < -0.39 is 0 Å². The van der Waals surface area contributed by atoms with Crippen molar-refractivity contribution >= 4 is 17.2 Å². The zero-order valence-electron chi connectivity index (χ0n) is 14.6. The summed E-state index contributed by atoms with van der Waals surface area (Å²) in [4.78, 5) is 18.1. The molecule has 0 fully saturated rings. The molecule has 5 heteroatoms. The minimum atomic E-state index is -0.109. The number of thiophene rings is 1. The fourth-order valence-corrected chi connectivity index (χ4v) is 3.53. The summed E-state index contributed by atoms with van der Waals surface area (Å²) < 4.78 is 5.50. The summed E-state index contributed by atoms with van der Waals surface area (Å²) in [5.41, 5.74) is 3.56. The Morgan fingerprint density at radius 2 is 1.81 bits per heavy atom. The topological polar surface area (TPSA) is 55.1 Å². The summed E-state index contributed by atoms with van der Waals surface area (Å²) in [7, 11) is 0. The number of benzene rings is 2. The predicted octanol–water partition coefficient (Wildman–Crippen LogP) is 4.92. The Kier molecular flexibility index (Phi) is 5.12. The van der Waals surface area contributed by atoms with Crippen LogP contribution in [0.5, 0.6) is 0 Å². The third kappa shape index (κ3) is 4.15. The number of hydrogen-bond acceptors (Lipinski definition) is 4.